The van der Waals surface area contributed by atoms with Crippen molar-refractivity contribution in [3.05, 3.63) is 103 Å². The number of benzene rings is 3. The molecule has 5 nitrogen and oxygen atoms in total. The maximum absolute atomic E-state index is 13.2. The first-order valence-corrected chi connectivity index (χ1v) is 13.0. The van der Waals surface area contributed by atoms with Gasteiger partial charge in [-0.15, -0.1) is 0 Å². The molecule has 2 aliphatic rings. The first-order valence-electron chi connectivity index (χ1n) is 10.6. The molecule has 37 heavy (non-hydrogen) atoms. The monoisotopic (exact) mass is 624 g/mol. The number of thioether (sulfide) groups is 1. The highest BCUT2D eigenvalue weighted by molar-refractivity contribution is 9.10. The van der Waals surface area contributed by atoms with Crippen molar-refractivity contribution in [1.29, 1.82) is 0 Å². The summed E-state index contributed by atoms with van der Waals surface area (Å²) in [4.78, 5) is 13.3. The fourth-order valence-electron chi connectivity index (χ4n) is 3.74. The zero-order chi connectivity index (χ0) is 26.3. The van der Waals surface area contributed by atoms with Crippen LogP contribution < -0.4 is 5.56 Å². The summed E-state index contributed by atoms with van der Waals surface area (Å²) < 4.78 is 41.6. The predicted molar refractivity (Wildman–Crippen MR) is 143 cm³/mol. The van der Waals surface area contributed by atoms with Gasteiger partial charge in [0.05, 0.1) is 22.9 Å². The van der Waals surface area contributed by atoms with E-state index in [-0.39, 0.29) is 28.9 Å². The van der Waals surface area contributed by atoms with Gasteiger partial charge in [0.15, 0.2) is 5.69 Å². The molecule has 0 unspecified atom stereocenters. The molecule has 0 radical (unpaired) electrons. The van der Waals surface area contributed by atoms with Gasteiger partial charge in [-0.25, -0.2) is 9.36 Å². The summed E-state index contributed by atoms with van der Waals surface area (Å²) in [7, 11) is 0. The van der Waals surface area contributed by atoms with Gasteiger partial charge in [0.25, 0.3) is 5.56 Å². The van der Waals surface area contributed by atoms with Crippen molar-refractivity contribution in [3.63, 3.8) is 0 Å². The van der Waals surface area contributed by atoms with E-state index < -0.39 is 11.1 Å². The topological polar surface area (TPSA) is 52.7 Å². The van der Waals surface area contributed by atoms with Crippen LogP contribution in [0.1, 0.15) is 5.56 Å². The van der Waals surface area contributed by atoms with E-state index in [9.17, 15) is 18.0 Å². The van der Waals surface area contributed by atoms with E-state index in [0.29, 0.717) is 38.2 Å². The van der Waals surface area contributed by atoms with Crippen molar-refractivity contribution in [2.45, 2.75) is 16.9 Å². The summed E-state index contributed by atoms with van der Waals surface area (Å²) in [5.74, 6) is 0. The van der Waals surface area contributed by atoms with Crippen molar-refractivity contribution in [3.8, 4) is 28.3 Å². The Balaban J connectivity index is 1.59. The van der Waals surface area contributed by atoms with Crippen LogP contribution in [0.3, 0.4) is 0 Å². The molecule has 0 amide bonds. The average Bonchev–Trinajstić information content (AvgIpc) is 3.13. The largest absolute Gasteiger partial charge is 0.446 e. The SMILES string of the molecule is O=c1c2nn(-c3ccc(Br)cc3)c(-c3ccc(Cl)cc3Cl)cc-2nn1Cc1ccc(SC(F)(F)F)cc1. The second kappa shape index (κ2) is 10.2. The molecule has 0 atom stereocenters. The van der Waals surface area contributed by atoms with Gasteiger partial charge in [-0.05, 0) is 78.0 Å². The van der Waals surface area contributed by atoms with Gasteiger partial charge in [-0.3, -0.25) is 4.79 Å². The molecule has 0 saturated heterocycles. The van der Waals surface area contributed by atoms with Gasteiger partial charge >= 0.3 is 5.51 Å². The highest BCUT2D eigenvalue weighted by atomic mass is 79.9. The molecule has 3 aromatic carbocycles. The molecule has 188 valence electrons. The zero-order valence-electron chi connectivity index (χ0n) is 18.5. The molecule has 0 aliphatic carbocycles. The van der Waals surface area contributed by atoms with E-state index >= 15 is 0 Å². The Morgan fingerprint density at radius 1 is 0.919 bits per heavy atom. The van der Waals surface area contributed by atoms with Gasteiger partial charge in [-0.2, -0.15) is 23.4 Å². The van der Waals surface area contributed by atoms with Crippen LogP contribution >= 0.6 is 50.9 Å². The lowest BCUT2D eigenvalue weighted by Gasteiger charge is -2.15. The van der Waals surface area contributed by atoms with Crippen molar-refractivity contribution in [2.75, 3.05) is 0 Å². The number of rotatable bonds is 5. The minimum atomic E-state index is -4.37. The summed E-state index contributed by atoms with van der Waals surface area (Å²) in [6.45, 7) is 0.0709. The molecule has 12 heteroatoms. The molecule has 2 aliphatic heterocycles. The van der Waals surface area contributed by atoms with E-state index in [1.54, 1.807) is 28.9 Å². The summed E-state index contributed by atoms with van der Waals surface area (Å²) in [6.07, 6.45) is 0. The molecule has 0 aromatic heterocycles. The van der Waals surface area contributed by atoms with E-state index in [0.717, 1.165) is 4.47 Å². The minimum Gasteiger partial charge on any atom is -0.265 e. The van der Waals surface area contributed by atoms with Crippen molar-refractivity contribution < 1.29 is 13.2 Å². The number of fused-ring (bicyclic) bond motifs is 1. The maximum atomic E-state index is 13.2. The van der Waals surface area contributed by atoms with Crippen LogP contribution in [0.2, 0.25) is 10.0 Å². The zero-order valence-corrected chi connectivity index (χ0v) is 22.4. The Morgan fingerprint density at radius 2 is 1.62 bits per heavy atom. The Morgan fingerprint density at radius 3 is 2.27 bits per heavy atom. The summed E-state index contributed by atoms with van der Waals surface area (Å²) in [5.41, 5.74) is -1.76. The molecule has 0 saturated carbocycles. The van der Waals surface area contributed by atoms with E-state index in [1.807, 2.05) is 24.3 Å². The average molecular weight is 626 g/mol. The smallest absolute Gasteiger partial charge is 0.265 e. The van der Waals surface area contributed by atoms with Crippen LogP contribution in [-0.2, 0) is 6.54 Å². The molecule has 3 aromatic rings. The second-order valence-electron chi connectivity index (χ2n) is 7.93. The van der Waals surface area contributed by atoms with Gasteiger partial charge in [-0.1, -0.05) is 51.3 Å². The standard InChI is InChI=1S/C25H14BrCl2F3N4OS/c26-15-3-6-17(7-4-15)35-22(19-10-5-16(27)11-20(19)28)12-21-23(33-35)24(36)34(32-21)13-14-1-8-18(9-2-14)37-25(29,30)31/h1-12H,13H2. The van der Waals surface area contributed by atoms with Crippen LogP contribution in [0.5, 0.6) is 0 Å². The van der Waals surface area contributed by atoms with Gasteiger partial charge in [0, 0.05) is 20.0 Å². The van der Waals surface area contributed by atoms with E-state index in [4.69, 9.17) is 23.2 Å². The van der Waals surface area contributed by atoms with Crippen molar-refractivity contribution in [1.82, 2.24) is 19.6 Å². The first-order chi connectivity index (χ1) is 17.6. The quantitative estimate of drug-likeness (QED) is 0.186. The molecular formula is C25H14BrCl2F3N4OS. The number of nitrogens with zero attached hydrogens (tertiary/aromatic N) is 4. The van der Waals surface area contributed by atoms with E-state index in [1.165, 1.54) is 28.9 Å². The van der Waals surface area contributed by atoms with Gasteiger partial charge in [0.2, 0.25) is 0 Å². The Bertz CT molecular complexity index is 1620. The van der Waals surface area contributed by atoms with Crippen molar-refractivity contribution in [2.24, 2.45) is 0 Å². The maximum Gasteiger partial charge on any atom is 0.446 e. The third-order valence-corrected chi connectivity index (χ3v) is 7.19. The van der Waals surface area contributed by atoms with Crippen LogP contribution in [0.15, 0.2) is 87.0 Å². The molecule has 0 bridgehead atoms. The number of hydrogen-bond acceptors (Lipinski definition) is 4. The predicted octanol–water partition coefficient (Wildman–Crippen LogP) is 7.93. The van der Waals surface area contributed by atoms with Crippen molar-refractivity contribution >= 4 is 50.9 Å². The fraction of sp³-hybridized carbons (Fsp3) is 0.0800. The number of halogens is 6. The number of hydrogen-bond donors (Lipinski definition) is 0. The second-order valence-corrected chi connectivity index (χ2v) is 10.8. The fourth-order valence-corrected chi connectivity index (χ4v) is 5.04. The minimum absolute atomic E-state index is 0.0610. The molecule has 0 fully saturated rings. The highest BCUT2D eigenvalue weighted by Crippen LogP contribution is 2.37. The first kappa shape index (κ1) is 25.8. The molecular weight excluding hydrogens is 612 g/mol. The van der Waals surface area contributed by atoms with Crippen LogP contribution in [0.4, 0.5) is 13.2 Å². The lowest BCUT2D eigenvalue weighted by Crippen LogP contribution is -2.19. The van der Waals surface area contributed by atoms with E-state index in [2.05, 4.69) is 26.1 Å². The summed E-state index contributed by atoms with van der Waals surface area (Å²) in [5, 5.41) is 9.93. The van der Waals surface area contributed by atoms with Gasteiger partial charge < -0.3 is 0 Å². The molecule has 0 spiro atoms. The highest BCUT2D eigenvalue weighted by Gasteiger charge is 2.29. The summed E-state index contributed by atoms with van der Waals surface area (Å²) >= 11 is 15.8. The van der Waals surface area contributed by atoms with Crippen LogP contribution in [0, 0.1) is 0 Å². The van der Waals surface area contributed by atoms with Crippen LogP contribution in [0.25, 0.3) is 28.3 Å². The van der Waals surface area contributed by atoms with Gasteiger partial charge in [0.1, 0.15) is 5.69 Å². The lowest BCUT2D eigenvalue weighted by molar-refractivity contribution is -0.0328. The Labute approximate surface area is 231 Å². The third-order valence-electron chi connectivity index (χ3n) is 5.38. The third kappa shape index (κ3) is 5.72. The normalized spacial score (nSPS) is 11.8. The molecule has 2 heterocycles. The Kier molecular flexibility index (Phi) is 7.10. The lowest BCUT2D eigenvalue weighted by atomic mass is 10.1. The Hall–Kier alpha value is -2.79. The molecule has 5 rings (SSSR count). The number of alkyl halides is 3. The van der Waals surface area contributed by atoms with Crippen LogP contribution in [-0.4, -0.2) is 25.1 Å². The molecule has 0 N–H and O–H groups in total. The summed E-state index contributed by atoms with van der Waals surface area (Å²) in [6, 6.07) is 20.0. The number of aromatic nitrogens is 4.